The molecular weight excluding hydrogens is 540 g/mol. The molecule has 0 amide bonds. The van der Waals surface area contributed by atoms with Crippen molar-refractivity contribution in [1.29, 1.82) is 0 Å². The maximum Gasteiger partial charge on any atom is 0.247 e. The monoisotopic (exact) mass is 574 g/mol. The number of fused-ring (bicyclic) bond motifs is 1. The van der Waals surface area contributed by atoms with Gasteiger partial charge in [-0.05, 0) is 42.8 Å². The predicted octanol–water partition coefficient (Wildman–Crippen LogP) is 3.45. The van der Waals surface area contributed by atoms with Crippen LogP contribution in [-0.4, -0.2) is 76.6 Å². The molecule has 0 fully saturated rings. The molecule has 0 aliphatic carbocycles. The van der Waals surface area contributed by atoms with Crippen molar-refractivity contribution in [3.8, 4) is 22.6 Å². The van der Waals surface area contributed by atoms with Gasteiger partial charge in [0.2, 0.25) is 20.0 Å². The van der Waals surface area contributed by atoms with E-state index >= 15 is 0 Å². The summed E-state index contributed by atoms with van der Waals surface area (Å²) in [5.74, 6) is 0.307. The summed E-state index contributed by atoms with van der Waals surface area (Å²) in [5, 5.41) is 9.87. The van der Waals surface area contributed by atoms with E-state index in [0.29, 0.717) is 11.3 Å². The normalized spacial score (nSPS) is 20.4. The van der Waals surface area contributed by atoms with Gasteiger partial charge >= 0.3 is 0 Å². The molecule has 3 aromatic rings. The molecule has 1 aliphatic rings. The van der Waals surface area contributed by atoms with E-state index in [1.807, 2.05) is 31.2 Å². The van der Waals surface area contributed by atoms with Crippen LogP contribution in [0.15, 0.2) is 82.6 Å². The zero-order valence-electron chi connectivity index (χ0n) is 22.4. The van der Waals surface area contributed by atoms with Crippen LogP contribution in [0.5, 0.6) is 11.5 Å². The van der Waals surface area contributed by atoms with Crippen LogP contribution < -0.4 is 9.47 Å². The minimum absolute atomic E-state index is 0.0158. The summed E-state index contributed by atoms with van der Waals surface area (Å²) in [4.78, 5) is 0.106. The molecule has 1 heterocycles. The maximum atomic E-state index is 13.8. The van der Waals surface area contributed by atoms with Gasteiger partial charge in [-0.25, -0.2) is 16.8 Å². The number of para-hydroxylation sites is 1. The minimum Gasteiger partial charge on any atom is -0.496 e. The first-order chi connectivity index (χ1) is 18.5. The third-order valence-corrected chi connectivity index (χ3v) is 10.8. The molecule has 11 heteroatoms. The average molecular weight is 575 g/mol. The lowest BCUT2D eigenvalue weighted by molar-refractivity contribution is 0.0905. The Balaban J connectivity index is 1.80. The fourth-order valence-corrected chi connectivity index (χ4v) is 7.65. The second-order valence-electron chi connectivity index (χ2n) is 9.70. The van der Waals surface area contributed by atoms with Gasteiger partial charge in [-0.2, -0.15) is 8.61 Å². The van der Waals surface area contributed by atoms with E-state index in [4.69, 9.17) is 9.47 Å². The summed E-state index contributed by atoms with van der Waals surface area (Å²) < 4.78 is 68.4. The maximum absolute atomic E-state index is 13.8. The van der Waals surface area contributed by atoms with Gasteiger partial charge in [0.25, 0.3) is 0 Å². The summed E-state index contributed by atoms with van der Waals surface area (Å²) in [5.41, 5.74) is 1.43. The Morgan fingerprint density at radius 2 is 1.77 bits per heavy atom. The predicted molar refractivity (Wildman–Crippen MR) is 149 cm³/mol. The molecule has 0 saturated carbocycles. The summed E-state index contributed by atoms with van der Waals surface area (Å²) in [6, 6.07) is 19.6. The Morgan fingerprint density at radius 3 is 2.44 bits per heavy atom. The standard InChI is InChI=1S/C28H34N2O7S2/c1-20-17-30(21(2)19-31)39(34,35)28-15-14-22(24-12-8-9-13-25(24)36-4)16-26(28)37-27(20)18-29(3)38(32,33)23-10-6-5-7-11-23/h5-16,20-21,27,31H,17-19H2,1-4H3/t20-,21+,27-/m0/s1. The summed E-state index contributed by atoms with van der Waals surface area (Å²) in [7, 11) is -4.81. The number of methoxy groups -OCH3 is 1. The van der Waals surface area contributed by atoms with Crippen molar-refractivity contribution in [3.63, 3.8) is 0 Å². The van der Waals surface area contributed by atoms with Gasteiger partial charge < -0.3 is 14.6 Å². The Bertz CT molecular complexity index is 1510. The number of likely N-dealkylation sites (N-methyl/N-ethyl adjacent to an activating group) is 1. The summed E-state index contributed by atoms with van der Waals surface area (Å²) in [6.07, 6.45) is -0.691. The van der Waals surface area contributed by atoms with Gasteiger partial charge in [-0.3, -0.25) is 0 Å². The second kappa shape index (κ2) is 11.6. The first-order valence-corrected chi connectivity index (χ1v) is 15.5. The number of ether oxygens (including phenoxy) is 2. The highest BCUT2D eigenvalue weighted by molar-refractivity contribution is 7.89. The van der Waals surface area contributed by atoms with Gasteiger partial charge in [-0.1, -0.05) is 49.4 Å². The van der Waals surface area contributed by atoms with Crippen molar-refractivity contribution >= 4 is 20.0 Å². The molecule has 0 spiro atoms. The first-order valence-electron chi connectivity index (χ1n) is 12.6. The van der Waals surface area contributed by atoms with Crippen LogP contribution in [0, 0.1) is 5.92 Å². The average Bonchev–Trinajstić information content (AvgIpc) is 2.94. The molecule has 3 atom stereocenters. The van der Waals surface area contributed by atoms with E-state index in [1.54, 1.807) is 44.4 Å². The van der Waals surface area contributed by atoms with Crippen LogP contribution in [0.2, 0.25) is 0 Å². The number of benzene rings is 3. The fraction of sp³-hybridized carbons (Fsp3) is 0.357. The molecule has 1 N–H and O–H groups in total. The third kappa shape index (κ3) is 5.82. The molecule has 0 aromatic heterocycles. The van der Waals surface area contributed by atoms with Gasteiger partial charge in [-0.15, -0.1) is 0 Å². The number of nitrogens with zero attached hydrogens (tertiary/aromatic N) is 2. The Morgan fingerprint density at radius 1 is 1.10 bits per heavy atom. The number of aliphatic hydroxyl groups is 1. The van der Waals surface area contributed by atoms with Crippen LogP contribution in [0.25, 0.3) is 11.1 Å². The van der Waals surface area contributed by atoms with Crippen molar-refractivity contribution in [1.82, 2.24) is 8.61 Å². The minimum atomic E-state index is -4.04. The van der Waals surface area contributed by atoms with Crippen LogP contribution in [-0.2, 0) is 20.0 Å². The first kappa shape index (κ1) is 29.0. The highest BCUT2D eigenvalue weighted by Gasteiger charge is 2.39. The number of hydrogen-bond acceptors (Lipinski definition) is 7. The largest absolute Gasteiger partial charge is 0.496 e. The third-order valence-electron chi connectivity index (χ3n) is 6.97. The molecule has 9 nitrogen and oxygen atoms in total. The van der Waals surface area contributed by atoms with Crippen LogP contribution >= 0.6 is 0 Å². The molecule has 0 bridgehead atoms. The summed E-state index contributed by atoms with van der Waals surface area (Å²) in [6.45, 7) is 3.11. The highest BCUT2D eigenvalue weighted by atomic mass is 32.2. The van der Waals surface area contributed by atoms with E-state index in [9.17, 15) is 21.9 Å². The van der Waals surface area contributed by atoms with Crippen molar-refractivity contribution in [2.75, 3.05) is 33.9 Å². The van der Waals surface area contributed by atoms with Crippen LogP contribution in [0.1, 0.15) is 13.8 Å². The molecule has 0 unspecified atom stereocenters. The molecule has 4 rings (SSSR count). The summed E-state index contributed by atoms with van der Waals surface area (Å²) >= 11 is 0. The molecule has 1 aliphatic heterocycles. The van der Waals surface area contributed by atoms with E-state index in [2.05, 4.69) is 0 Å². The molecular formula is C28H34N2O7S2. The number of rotatable bonds is 8. The molecule has 0 radical (unpaired) electrons. The lowest BCUT2D eigenvalue weighted by Crippen LogP contribution is -2.50. The van der Waals surface area contributed by atoms with Crippen LogP contribution in [0.4, 0.5) is 0 Å². The van der Waals surface area contributed by atoms with Crippen molar-refractivity contribution in [2.45, 2.75) is 35.8 Å². The van der Waals surface area contributed by atoms with E-state index in [1.165, 1.54) is 33.9 Å². The van der Waals surface area contributed by atoms with Gasteiger partial charge in [0.15, 0.2) is 0 Å². The van der Waals surface area contributed by atoms with Crippen molar-refractivity contribution in [3.05, 3.63) is 72.8 Å². The van der Waals surface area contributed by atoms with Crippen molar-refractivity contribution in [2.24, 2.45) is 5.92 Å². The van der Waals surface area contributed by atoms with Crippen LogP contribution in [0.3, 0.4) is 0 Å². The zero-order chi connectivity index (χ0) is 28.4. The van der Waals surface area contributed by atoms with Crippen molar-refractivity contribution < 1.29 is 31.4 Å². The smallest absolute Gasteiger partial charge is 0.247 e. The Labute approximate surface area is 230 Å². The Hall–Kier alpha value is -2.96. The van der Waals surface area contributed by atoms with E-state index in [0.717, 1.165) is 5.56 Å². The zero-order valence-corrected chi connectivity index (χ0v) is 24.0. The van der Waals surface area contributed by atoms with E-state index in [-0.39, 0.29) is 35.2 Å². The SMILES string of the molecule is COc1ccccc1-c1ccc2c(c1)O[C@@H](CN(C)S(=O)(=O)c1ccccc1)[C@@H](C)CN([C@H](C)CO)S2(=O)=O. The lowest BCUT2D eigenvalue weighted by atomic mass is 10.0. The molecule has 210 valence electrons. The molecule has 39 heavy (non-hydrogen) atoms. The van der Waals surface area contributed by atoms with Gasteiger partial charge in [0.1, 0.15) is 22.5 Å². The quantitative estimate of drug-likeness (QED) is 0.438. The highest BCUT2D eigenvalue weighted by Crippen LogP contribution is 2.38. The van der Waals surface area contributed by atoms with Gasteiger partial charge in [0, 0.05) is 31.1 Å². The fourth-order valence-electron chi connectivity index (χ4n) is 4.62. The second-order valence-corrected chi connectivity index (χ2v) is 13.6. The number of sulfonamides is 2. The molecule has 3 aromatic carbocycles. The molecule has 0 saturated heterocycles. The van der Waals surface area contributed by atoms with Gasteiger partial charge in [0.05, 0.1) is 25.2 Å². The number of aliphatic hydroxyl groups excluding tert-OH is 1. The number of hydrogen-bond donors (Lipinski definition) is 1. The van der Waals surface area contributed by atoms with E-state index < -0.39 is 38.1 Å². The lowest BCUT2D eigenvalue weighted by Gasteiger charge is -2.37. The topological polar surface area (TPSA) is 113 Å². The Kier molecular flexibility index (Phi) is 8.67.